The lowest BCUT2D eigenvalue weighted by atomic mass is 10.1. The van der Waals surface area contributed by atoms with Crippen LogP contribution in [-0.2, 0) is 0 Å². The number of aryl methyl sites for hydroxylation is 1. The molecule has 134 valence electrons. The highest BCUT2D eigenvalue weighted by molar-refractivity contribution is 7.15. The Labute approximate surface area is 164 Å². The number of benzene rings is 2. The van der Waals surface area contributed by atoms with Crippen molar-refractivity contribution in [3.05, 3.63) is 76.4 Å². The minimum Gasteiger partial charge on any atom is -0.296 e. The van der Waals surface area contributed by atoms with Crippen molar-refractivity contribution in [1.82, 2.24) is 20.0 Å². The second kappa shape index (κ2) is 7.30. The zero-order valence-electron chi connectivity index (χ0n) is 14.3. The van der Waals surface area contributed by atoms with Crippen LogP contribution in [0, 0.1) is 6.92 Å². The third kappa shape index (κ3) is 3.74. The van der Waals surface area contributed by atoms with Crippen molar-refractivity contribution in [2.45, 2.75) is 6.92 Å². The zero-order valence-corrected chi connectivity index (χ0v) is 15.8. The second-order valence-electron chi connectivity index (χ2n) is 5.76. The highest BCUT2D eigenvalue weighted by Gasteiger charge is 2.20. The minimum absolute atomic E-state index is 0.293. The first-order chi connectivity index (χ1) is 13.1. The van der Waals surface area contributed by atoms with Crippen molar-refractivity contribution >= 4 is 34.0 Å². The summed E-state index contributed by atoms with van der Waals surface area (Å²) in [6.07, 6.45) is 1.71. The van der Waals surface area contributed by atoms with Crippen molar-refractivity contribution in [2.24, 2.45) is 0 Å². The monoisotopic (exact) mass is 395 g/mol. The third-order valence-corrected chi connectivity index (χ3v) is 4.85. The molecule has 0 aliphatic rings. The van der Waals surface area contributed by atoms with Crippen LogP contribution in [0.2, 0.25) is 5.02 Å². The van der Waals surface area contributed by atoms with Gasteiger partial charge in [-0.05, 0) is 31.2 Å². The molecule has 0 bridgehead atoms. The van der Waals surface area contributed by atoms with Gasteiger partial charge in [-0.1, -0.05) is 53.3 Å². The number of nitrogens with zero attached hydrogens (tertiary/aromatic N) is 4. The first kappa shape index (κ1) is 17.4. The molecule has 8 heteroatoms. The highest BCUT2D eigenvalue weighted by Crippen LogP contribution is 2.26. The number of rotatable bonds is 4. The molecule has 0 saturated heterocycles. The molecule has 4 aromatic rings. The maximum absolute atomic E-state index is 12.9. The SMILES string of the molecule is Cc1nnc(NC(=O)c2cn(-c3ccccc3)nc2-c2ccc(Cl)cc2)s1. The van der Waals surface area contributed by atoms with E-state index in [1.54, 1.807) is 23.0 Å². The molecule has 0 fully saturated rings. The van der Waals surface area contributed by atoms with Gasteiger partial charge in [-0.2, -0.15) is 5.10 Å². The summed E-state index contributed by atoms with van der Waals surface area (Å²) in [6, 6.07) is 16.8. The molecule has 0 atom stereocenters. The average Bonchev–Trinajstić information content (AvgIpc) is 3.30. The van der Waals surface area contributed by atoms with Gasteiger partial charge >= 0.3 is 0 Å². The predicted molar refractivity (Wildman–Crippen MR) is 107 cm³/mol. The Hall–Kier alpha value is -3.03. The van der Waals surface area contributed by atoms with Gasteiger partial charge in [0, 0.05) is 16.8 Å². The summed E-state index contributed by atoms with van der Waals surface area (Å²) >= 11 is 7.31. The number of nitrogens with one attached hydrogen (secondary N) is 1. The molecule has 27 heavy (non-hydrogen) atoms. The van der Waals surface area contributed by atoms with Gasteiger partial charge in [0.1, 0.15) is 10.7 Å². The fourth-order valence-corrected chi connectivity index (χ4v) is 3.30. The van der Waals surface area contributed by atoms with Gasteiger partial charge in [0.15, 0.2) is 0 Å². The quantitative estimate of drug-likeness (QED) is 0.547. The summed E-state index contributed by atoms with van der Waals surface area (Å²) in [5, 5.41) is 17.2. The Bertz CT molecular complexity index is 1090. The van der Waals surface area contributed by atoms with E-state index in [1.807, 2.05) is 49.4 Å². The fraction of sp³-hybridized carbons (Fsp3) is 0.0526. The lowest BCUT2D eigenvalue weighted by Gasteiger charge is -2.02. The molecule has 1 N–H and O–H groups in total. The van der Waals surface area contributed by atoms with Gasteiger partial charge in [-0.25, -0.2) is 4.68 Å². The van der Waals surface area contributed by atoms with Crippen LogP contribution in [0.1, 0.15) is 15.4 Å². The number of amides is 1. The van der Waals surface area contributed by atoms with Gasteiger partial charge in [0.2, 0.25) is 5.13 Å². The van der Waals surface area contributed by atoms with E-state index in [-0.39, 0.29) is 5.91 Å². The number of carbonyl (C=O) groups excluding carboxylic acids is 1. The number of hydrogen-bond acceptors (Lipinski definition) is 5. The van der Waals surface area contributed by atoms with Gasteiger partial charge in [0.05, 0.1) is 11.3 Å². The summed E-state index contributed by atoms with van der Waals surface area (Å²) in [5.74, 6) is -0.293. The molecule has 0 aliphatic carbocycles. The second-order valence-corrected chi connectivity index (χ2v) is 7.38. The van der Waals surface area contributed by atoms with Crippen LogP contribution in [0.25, 0.3) is 16.9 Å². The Kier molecular flexibility index (Phi) is 4.70. The van der Waals surface area contributed by atoms with E-state index < -0.39 is 0 Å². The number of halogens is 1. The van der Waals surface area contributed by atoms with E-state index in [0.29, 0.717) is 21.4 Å². The van der Waals surface area contributed by atoms with Crippen molar-refractivity contribution in [2.75, 3.05) is 5.32 Å². The first-order valence-electron chi connectivity index (χ1n) is 8.12. The van der Waals surface area contributed by atoms with Gasteiger partial charge in [0.25, 0.3) is 5.91 Å². The van der Waals surface area contributed by atoms with Crippen molar-refractivity contribution in [3.8, 4) is 16.9 Å². The maximum Gasteiger partial charge on any atom is 0.261 e. The van der Waals surface area contributed by atoms with Crippen LogP contribution in [0.3, 0.4) is 0 Å². The lowest BCUT2D eigenvalue weighted by molar-refractivity contribution is 0.102. The smallest absolute Gasteiger partial charge is 0.261 e. The molecule has 0 spiro atoms. The summed E-state index contributed by atoms with van der Waals surface area (Å²) in [5.41, 5.74) is 2.66. The summed E-state index contributed by atoms with van der Waals surface area (Å²) in [6.45, 7) is 1.83. The number of hydrogen-bond donors (Lipinski definition) is 1. The van der Waals surface area contributed by atoms with Crippen molar-refractivity contribution in [1.29, 1.82) is 0 Å². The molecule has 0 saturated carbocycles. The number of para-hydroxylation sites is 1. The largest absolute Gasteiger partial charge is 0.296 e. The summed E-state index contributed by atoms with van der Waals surface area (Å²) in [4.78, 5) is 12.9. The first-order valence-corrected chi connectivity index (χ1v) is 9.32. The lowest BCUT2D eigenvalue weighted by Crippen LogP contribution is -2.12. The standard InChI is InChI=1S/C19H14ClN5OS/c1-12-22-23-19(27-12)21-18(26)16-11-25(15-5-3-2-4-6-15)24-17(16)13-7-9-14(20)10-8-13/h2-11H,1H3,(H,21,23,26). The van der Waals surface area contributed by atoms with Crippen LogP contribution >= 0.6 is 22.9 Å². The number of anilines is 1. The van der Waals surface area contributed by atoms with Crippen LogP contribution < -0.4 is 5.32 Å². The minimum atomic E-state index is -0.293. The van der Waals surface area contributed by atoms with E-state index in [4.69, 9.17) is 11.6 Å². The Morgan fingerprint density at radius 2 is 1.81 bits per heavy atom. The van der Waals surface area contributed by atoms with Crippen LogP contribution in [-0.4, -0.2) is 25.9 Å². The molecule has 2 aromatic carbocycles. The average molecular weight is 396 g/mol. The van der Waals surface area contributed by atoms with Crippen LogP contribution in [0.15, 0.2) is 60.8 Å². The normalized spacial score (nSPS) is 10.7. The van der Waals surface area contributed by atoms with E-state index >= 15 is 0 Å². The molecule has 2 aromatic heterocycles. The topological polar surface area (TPSA) is 72.7 Å². The van der Waals surface area contributed by atoms with E-state index in [2.05, 4.69) is 20.6 Å². The molecule has 0 aliphatic heterocycles. The van der Waals surface area contributed by atoms with E-state index in [0.717, 1.165) is 16.3 Å². The Morgan fingerprint density at radius 3 is 2.48 bits per heavy atom. The van der Waals surface area contributed by atoms with Gasteiger partial charge in [-0.15, -0.1) is 10.2 Å². The molecule has 6 nitrogen and oxygen atoms in total. The summed E-state index contributed by atoms with van der Waals surface area (Å²) in [7, 11) is 0. The molecule has 0 radical (unpaired) electrons. The van der Waals surface area contributed by atoms with Gasteiger partial charge in [-0.3, -0.25) is 10.1 Å². The van der Waals surface area contributed by atoms with Crippen molar-refractivity contribution < 1.29 is 4.79 Å². The molecule has 1 amide bonds. The van der Waals surface area contributed by atoms with Crippen LogP contribution in [0.5, 0.6) is 0 Å². The summed E-state index contributed by atoms with van der Waals surface area (Å²) < 4.78 is 1.68. The predicted octanol–water partition coefficient (Wildman–Crippen LogP) is 4.60. The molecular formula is C19H14ClN5OS. The zero-order chi connectivity index (χ0) is 18.8. The van der Waals surface area contributed by atoms with Crippen LogP contribution in [0.4, 0.5) is 5.13 Å². The fourth-order valence-electron chi connectivity index (χ4n) is 2.59. The van der Waals surface area contributed by atoms with E-state index in [9.17, 15) is 4.79 Å². The highest BCUT2D eigenvalue weighted by atomic mass is 35.5. The maximum atomic E-state index is 12.9. The number of aromatic nitrogens is 4. The third-order valence-electron chi connectivity index (χ3n) is 3.84. The Balaban J connectivity index is 1.77. The van der Waals surface area contributed by atoms with Crippen molar-refractivity contribution in [3.63, 3.8) is 0 Å². The molecular weight excluding hydrogens is 382 g/mol. The van der Waals surface area contributed by atoms with E-state index in [1.165, 1.54) is 11.3 Å². The Morgan fingerprint density at radius 1 is 1.07 bits per heavy atom. The molecule has 4 rings (SSSR count). The molecule has 2 heterocycles. The number of carbonyl (C=O) groups is 1. The van der Waals surface area contributed by atoms with Gasteiger partial charge < -0.3 is 0 Å². The molecule has 0 unspecified atom stereocenters.